The molecule has 1 aliphatic carbocycles. The molecule has 3 heterocycles. The van der Waals surface area contributed by atoms with Crippen LogP contribution in [0, 0.1) is 11.8 Å². The Balaban J connectivity index is 1.60. The number of carbonyl (C=O) groups excluding carboxylic acids is 1. The highest BCUT2D eigenvalue weighted by Gasteiger charge is 2.28. The number of hydrogen-bond donors (Lipinski definition) is 1. The minimum Gasteiger partial charge on any atom is -0.318 e. The van der Waals surface area contributed by atoms with Gasteiger partial charge in [0, 0.05) is 22.7 Å². The maximum absolute atomic E-state index is 13.8. The molecule has 2 aromatic carbocycles. The van der Waals surface area contributed by atoms with Crippen LogP contribution in [0.1, 0.15) is 48.8 Å². The van der Waals surface area contributed by atoms with Gasteiger partial charge in [0.25, 0.3) is 0 Å². The molecule has 0 radical (unpaired) electrons. The number of aromatic nitrogens is 6. The molecular weight excluding hydrogens is 504 g/mol. The highest BCUT2D eigenvalue weighted by atomic mass is 35.5. The first-order chi connectivity index (χ1) is 18.5. The predicted molar refractivity (Wildman–Crippen MR) is 143 cm³/mol. The van der Waals surface area contributed by atoms with Gasteiger partial charge in [-0.1, -0.05) is 79.0 Å². The molecule has 0 bridgehead atoms. The molecule has 1 fully saturated rings. The summed E-state index contributed by atoms with van der Waals surface area (Å²) >= 11 is 6.36. The summed E-state index contributed by atoms with van der Waals surface area (Å²) in [5, 5.41) is 4.30. The van der Waals surface area contributed by atoms with Gasteiger partial charge in [-0.15, -0.1) is 0 Å². The lowest BCUT2D eigenvalue weighted by atomic mass is 9.83. The Morgan fingerprint density at radius 1 is 1.05 bits per heavy atom. The summed E-state index contributed by atoms with van der Waals surface area (Å²) in [5.41, 5.74) is 2.78. The van der Waals surface area contributed by atoms with E-state index in [1.807, 2.05) is 34.9 Å². The zero-order chi connectivity index (χ0) is 26.2. The van der Waals surface area contributed by atoms with Gasteiger partial charge in [0.2, 0.25) is 17.4 Å². The number of carbonyl (C=O) groups is 1. The maximum Gasteiger partial charge on any atom is 0.439 e. The van der Waals surface area contributed by atoms with Crippen LogP contribution in [0.15, 0.2) is 63.9 Å². The number of benzene rings is 2. The van der Waals surface area contributed by atoms with Gasteiger partial charge in [0.15, 0.2) is 11.5 Å². The van der Waals surface area contributed by atoms with E-state index in [0.29, 0.717) is 51.6 Å². The zero-order valence-corrected chi connectivity index (χ0v) is 21.5. The lowest BCUT2D eigenvalue weighted by Gasteiger charge is -2.27. The number of imidazole rings is 1. The van der Waals surface area contributed by atoms with E-state index in [1.165, 1.54) is 0 Å². The molecule has 0 spiro atoms. The summed E-state index contributed by atoms with van der Waals surface area (Å²) in [7, 11) is 0. The van der Waals surface area contributed by atoms with E-state index in [2.05, 4.69) is 26.6 Å². The van der Waals surface area contributed by atoms with Crippen molar-refractivity contribution in [2.75, 3.05) is 0 Å². The standard InChI is InChI=1S/C28H25ClN6O3/c1-16-10-12-17(13-11-16)15-35-22-21(19-8-5-9-20(29)14-19)30-25(26-33-28(37)38-34-26)31-24(22)32-27(35)23(36)18-6-3-2-4-7-18/h2-9,14,16-17H,10-13,15H2,1H3,(H,33,34,37). The third-order valence-corrected chi connectivity index (χ3v) is 7.40. The third kappa shape index (κ3) is 4.65. The van der Waals surface area contributed by atoms with E-state index >= 15 is 0 Å². The Kier molecular flexibility index (Phi) is 6.37. The van der Waals surface area contributed by atoms with Crippen LogP contribution in [0.4, 0.5) is 0 Å². The van der Waals surface area contributed by atoms with Crippen LogP contribution in [-0.4, -0.2) is 35.4 Å². The van der Waals surface area contributed by atoms with E-state index in [9.17, 15) is 9.59 Å². The summed E-state index contributed by atoms with van der Waals surface area (Å²) in [6, 6.07) is 16.4. The third-order valence-electron chi connectivity index (χ3n) is 7.17. The molecule has 0 amide bonds. The quantitative estimate of drug-likeness (QED) is 0.287. The summed E-state index contributed by atoms with van der Waals surface area (Å²) in [4.78, 5) is 42.0. The monoisotopic (exact) mass is 528 g/mol. The minimum atomic E-state index is -0.718. The van der Waals surface area contributed by atoms with Crippen molar-refractivity contribution in [1.29, 1.82) is 0 Å². The van der Waals surface area contributed by atoms with Crippen LogP contribution in [0.2, 0.25) is 5.02 Å². The van der Waals surface area contributed by atoms with Crippen LogP contribution in [-0.2, 0) is 6.54 Å². The second-order valence-electron chi connectivity index (χ2n) is 9.89. The Morgan fingerprint density at radius 2 is 1.84 bits per heavy atom. The first-order valence-corrected chi connectivity index (χ1v) is 13.0. The number of aromatic amines is 1. The highest BCUT2D eigenvalue weighted by Crippen LogP contribution is 2.34. The fourth-order valence-electron chi connectivity index (χ4n) is 5.14. The number of hydrogen-bond acceptors (Lipinski definition) is 7. The van der Waals surface area contributed by atoms with Crippen LogP contribution in [0.3, 0.4) is 0 Å². The molecule has 0 atom stereocenters. The van der Waals surface area contributed by atoms with Crippen molar-refractivity contribution in [2.24, 2.45) is 11.8 Å². The molecule has 6 rings (SSSR count). The Hall–Kier alpha value is -4.11. The average molecular weight is 529 g/mol. The van der Waals surface area contributed by atoms with Gasteiger partial charge < -0.3 is 4.57 Å². The first-order valence-electron chi connectivity index (χ1n) is 12.7. The van der Waals surface area contributed by atoms with Crippen molar-refractivity contribution in [3.05, 3.63) is 81.6 Å². The Morgan fingerprint density at radius 3 is 2.55 bits per heavy atom. The van der Waals surface area contributed by atoms with Gasteiger partial charge in [0.1, 0.15) is 11.2 Å². The molecule has 1 N–H and O–H groups in total. The molecule has 0 aliphatic heterocycles. The topological polar surface area (TPSA) is 120 Å². The van der Waals surface area contributed by atoms with Gasteiger partial charge in [-0.3, -0.25) is 14.3 Å². The number of halogens is 1. The molecule has 9 nitrogen and oxygen atoms in total. The van der Waals surface area contributed by atoms with E-state index in [1.54, 1.807) is 24.3 Å². The lowest BCUT2D eigenvalue weighted by molar-refractivity contribution is 0.102. The second-order valence-corrected chi connectivity index (χ2v) is 10.3. The normalized spacial score (nSPS) is 17.6. The fourth-order valence-corrected chi connectivity index (χ4v) is 5.34. The Labute approximate surface area is 222 Å². The van der Waals surface area contributed by atoms with Crippen LogP contribution in [0.5, 0.6) is 0 Å². The number of rotatable bonds is 6. The highest BCUT2D eigenvalue weighted by molar-refractivity contribution is 6.30. The molecule has 10 heteroatoms. The maximum atomic E-state index is 13.8. The lowest BCUT2D eigenvalue weighted by Crippen LogP contribution is -2.21. The summed E-state index contributed by atoms with van der Waals surface area (Å²) < 4.78 is 6.66. The molecule has 1 saturated carbocycles. The summed E-state index contributed by atoms with van der Waals surface area (Å²) in [6.45, 7) is 2.90. The molecule has 0 saturated heterocycles. The van der Waals surface area contributed by atoms with Gasteiger partial charge in [-0.05, 0) is 36.8 Å². The Bertz CT molecular complexity index is 1680. The summed E-state index contributed by atoms with van der Waals surface area (Å²) in [5.74, 6) is 0.693. The van der Waals surface area contributed by atoms with Crippen molar-refractivity contribution in [3.63, 3.8) is 0 Å². The van der Waals surface area contributed by atoms with Crippen molar-refractivity contribution in [2.45, 2.75) is 39.2 Å². The number of nitrogens with zero attached hydrogens (tertiary/aromatic N) is 5. The van der Waals surface area contributed by atoms with Gasteiger partial charge >= 0.3 is 5.76 Å². The molecule has 1 aliphatic rings. The molecule has 3 aromatic heterocycles. The summed E-state index contributed by atoms with van der Waals surface area (Å²) in [6.07, 6.45) is 4.46. The smallest absolute Gasteiger partial charge is 0.318 e. The molecule has 0 unspecified atom stereocenters. The van der Waals surface area contributed by atoms with Crippen molar-refractivity contribution >= 4 is 28.5 Å². The van der Waals surface area contributed by atoms with Crippen LogP contribution < -0.4 is 5.76 Å². The fraction of sp³-hybridized carbons (Fsp3) is 0.286. The molecule has 38 heavy (non-hydrogen) atoms. The zero-order valence-electron chi connectivity index (χ0n) is 20.7. The SMILES string of the molecule is CC1CCC(Cn2c(C(=O)c3ccccc3)nc3nc(-c4noc(=O)[nH]4)nc(-c4cccc(Cl)c4)c32)CC1. The van der Waals surface area contributed by atoms with Crippen LogP contribution >= 0.6 is 11.6 Å². The van der Waals surface area contributed by atoms with Gasteiger partial charge in [0.05, 0.1) is 0 Å². The van der Waals surface area contributed by atoms with Crippen molar-refractivity contribution < 1.29 is 9.32 Å². The van der Waals surface area contributed by atoms with Gasteiger partial charge in [-0.2, -0.15) is 0 Å². The minimum absolute atomic E-state index is 0.0759. The van der Waals surface area contributed by atoms with E-state index in [-0.39, 0.29) is 17.4 Å². The second kappa shape index (κ2) is 9.98. The number of fused-ring (bicyclic) bond motifs is 1. The van der Waals surface area contributed by atoms with Crippen molar-refractivity contribution in [3.8, 4) is 22.9 Å². The average Bonchev–Trinajstić information content (AvgIpc) is 3.53. The van der Waals surface area contributed by atoms with Gasteiger partial charge in [-0.25, -0.2) is 19.7 Å². The molecule has 192 valence electrons. The largest absolute Gasteiger partial charge is 0.439 e. The van der Waals surface area contributed by atoms with Crippen LogP contribution in [0.25, 0.3) is 34.1 Å². The number of ketones is 1. The van der Waals surface area contributed by atoms with E-state index in [0.717, 1.165) is 31.2 Å². The molecule has 5 aromatic rings. The molecular formula is C28H25ClN6O3. The van der Waals surface area contributed by atoms with E-state index < -0.39 is 5.76 Å². The number of nitrogens with one attached hydrogen (secondary N) is 1. The predicted octanol–water partition coefficient (Wildman–Crippen LogP) is 5.55. The van der Waals surface area contributed by atoms with Crippen molar-refractivity contribution in [1.82, 2.24) is 29.7 Å². The first kappa shape index (κ1) is 24.2. The van der Waals surface area contributed by atoms with E-state index in [4.69, 9.17) is 21.6 Å². The number of H-pyrrole nitrogens is 1.